The van der Waals surface area contributed by atoms with Crippen LogP contribution in [0.2, 0.25) is 0 Å². The molecular formula is C13H12F3N3. The Morgan fingerprint density at radius 2 is 1.63 bits per heavy atom. The van der Waals surface area contributed by atoms with Gasteiger partial charge in [-0.1, -0.05) is 6.92 Å². The number of benzene rings is 1. The highest BCUT2D eigenvalue weighted by Crippen LogP contribution is 2.20. The van der Waals surface area contributed by atoms with Gasteiger partial charge in [0.1, 0.15) is 0 Å². The van der Waals surface area contributed by atoms with Crippen molar-refractivity contribution in [3.05, 3.63) is 47.5 Å². The summed E-state index contributed by atoms with van der Waals surface area (Å²) in [5.41, 5.74) is 0.958. The number of hydrogen-bond donors (Lipinski definition) is 1. The average molecular weight is 267 g/mol. The molecule has 0 aliphatic rings. The second-order valence-corrected chi connectivity index (χ2v) is 3.95. The third kappa shape index (κ3) is 3.08. The Morgan fingerprint density at radius 3 is 2.16 bits per heavy atom. The molecule has 0 aliphatic carbocycles. The zero-order chi connectivity index (χ0) is 13.8. The van der Waals surface area contributed by atoms with Crippen molar-refractivity contribution in [2.45, 2.75) is 13.5 Å². The summed E-state index contributed by atoms with van der Waals surface area (Å²) in [7, 11) is 0. The first-order chi connectivity index (χ1) is 9.11. The van der Waals surface area contributed by atoms with Crippen molar-refractivity contribution in [2.24, 2.45) is 0 Å². The molecular weight excluding hydrogens is 255 g/mol. The second-order valence-electron chi connectivity index (χ2n) is 3.95. The van der Waals surface area contributed by atoms with E-state index in [-0.39, 0.29) is 11.4 Å². The second kappa shape index (κ2) is 5.79. The lowest BCUT2D eigenvalue weighted by atomic mass is 10.2. The summed E-state index contributed by atoms with van der Waals surface area (Å²) >= 11 is 0. The molecule has 1 heterocycles. The minimum atomic E-state index is -1.49. The highest BCUT2D eigenvalue weighted by atomic mass is 19.2. The molecule has 100 valence electrons. The molecule has 19 heavy (non-hydrogen) atoms. The number of aromatic nitrogens is 2. The molecule has 0 unspecified atom stereocenters. The Labute approximate surface area is 108 Å². The number of nitrogens with zero attached hydrogens (tertiary/aromatic N) is 2. The fraction of sp³-hybridized carbons (Fsp3) is 0.231. The smallest absolute Gasteiger partial charge is 0.194 e. The molecule has 1 N–H and O–H groups in total. The minimum Gasteiger partial charge on any atom is -0.313 e. The summed E-state index contributed by atoms with van der Waals surface area (Å²) in [6.07, 6.45) is 3.12. The van der Waals surface area contributed by atoms with Crippen LogP contribution >= 0.6 is 0 Å². The quantitative estimate of drug-likeness (QED) is 0.865. The van der Waals surface area contributed by atoms with E-state index in [0.29, 0.717) is 6.54 Å². The van der Waals surface area contributed by atoms with Crippen LogP contribution in [-0.4, -0.2) is 16.5 Å². The SMILES string of the molecule is CCNCc1cnc(-c2cc(F)c(F)c(F)c2)nc1. The lowest BCUT2D eigenvalue weighted by Gasteiger charge is -2.04. The molecule has 1 aromatic carbocycles. The van der Waals surface area contributed by atoms with E-state index in [0.717, 1.165) is 24.2 Å². The molecule has 0 radical (unpaired) electrons. The van der Waals surface area contributed by atoms with Crippen LogP contribution in [0.4, 0.5) is 13.2 Å². The average Bonchev–Trinajstić information content (AvgIpc) is 2.42. The molecule has 0 atom stereocenters. The van der Waals surface area contributed by atoms with Crippen molar-refractivity contribution in [1.82, 2.24) is 15.3 Å². The molecule has 3 nitrogen and oxygen atoms in total. The maximum Gasteiger partial charge on any atom is 0.194 e. The lowest BCUT2D eigenvalue weighted by molar-refractivity contribution is 0.447. The summed E-state index contributed by atoms with van der Waals surface area (Å²) in [6, 6.07) is 1.75. The van der Waals surface area contributed by atoms with Gasteiger partial charge in [0.2, 0.25) is 0 Å². The Bertz CT molecular complexity index is 547. The van der Waals surface area contributed by atoms with Crippen molar-refractivity contribution in [2.75, 3.05) is 6.54 Å². The van der Waals surface area contributed by atoms with Gasteiger partial charge in [0.05, 0.1) is 0 Å². The van der Waals surface area contributed by atoms with E-state index in [1.807, 2.05) is 6.92 Å². The van der Waals surface area contributed by atoms with Crippen molar-refractivity contribution in [3.63, 3.8) is 0 Å². The van der Waals surface area contributed by atoms with Crippen LogP contribution < -0.4 is 5.32 Å². The van der Waals surface area contributed by atoms with Gasteiger partial charge in [-0.15, -0.1) is 0 Å². The van der Waals surface area contributed by atoms with Gasteiger partial charge in [0, 0.05) is 30.1 Å². The highest BCUT2D eigenvalue weighted by molar-refractivity contribution is 5.54. The summed E-state index contributed by atoms with van der Waals surface area (Å²) in [6.45, 7) is 3.40. The van der Waals surface area contributed by atoms with Crippen molar-refractivity contribution in [3.8, 4) is 11.4 Å². The molecule has 0 spiro atoms. The molecule has 0 aliphatic heterocycles. The summed E-state index contributed by atoms with van der Waals surface area (Å²) in [5.74, 6) is -3.85. The van der Waals surface area contributed by atoms with Gasteiger partial charge in [-0.2, -0.15) is 0 Å². The first-order valence-electron chi connectivity index (χ1n) is 5.78. The van der Waals surface area contributed by atoms with Crippen molar-refractivity contribution < 1.29 is 13.2 Å². The number of rotatable bonds is 4. The first-order valence-corrected chi connectivity index (χ1v) is 5.78. The van der Waals surface area contributed by atoms with E-state index >= 15 is 0 Å². The van der Waals surface area contributed by atoms with Crippen LogP contribution in [0.3, 0.4) is 0 Å². The van der Waals surface area contributed by atoms with E-state index < -0.39 is 17.5 Å². The predicted octanol–water partition coefficient (Wildman–Crippen LogP) is 2.67. The van der Waals surface area contributed by atoms with E-state index in [9.17, 15) is 13.2 Å². The molecule has 2 rings (SSSR count). The molecule has 2 aromatic rings. The Morgan fingerprint density at radius 1 is 1.05 bits per heavy atom. The standard InChI is InChI=1S/C13H12F3N3/c1-2-17-5-8-6-18-13(19-7-8)9-3-10(14)12(16)11(15)4-9/h3-4,6-7,17H,2,5H2,1H3. The minimum absolute atomic E-state index is 0.103. The molecule has 1 aromatic heterocycles. The number of halogens is 3. The maximum absolute atomic E-state index is 13.1. The third-order valence-electron chi connectivity index (χ3n) is 2.53. The van der Waals surface area contributed by atoms with E-state index in [1.54, 1.807) is 12.4 Å². The van der Waals surface area contributed by atoms with Crippen LogP contribution in [0.25, 0.3) is 11.4 Å². The maximum atomic E-state index is 13.1. The zero-order valence-corrected chi connectivity index (χ0v) is 10.3. The Balaban J connectivity index is 2.27. The van der Waals surface area contributed by atoms with Crippen LogP contribution in [-0.2, 0) is 6.54 Å². The van der Waals surface area contributed by atoms with Gasteiger partial charge in [-0.05, 0) is 18.7 Å². The van der Waals surface area contributed by atoms with Gasteiger partial charge in [0.15, 0.2) is 23.3 Å². The van der Waals surface area contributed by atoms with Gasteiger partial charge in [-0.25, -0.2) is 23.1 Å². The largest absolute Gasteiger partial charge is 0.313 e. The molecule has 6 heteroatoms. The van der Waals surface area contributed by atoms with Crippen molar-refractivity contribution >= 4 is 0 Å². The van der Waals surface area contributed by atoms with Crippen LogP contribution in [0, 0.1) is 17.5 Å². The van der Waals surface area contributed by atoms with E-state index in [4.69, 9.17) is 0 Å². The van der Waals surface area contributed by atoms with Gasteiger partial charge in [-0.3, -0.25) is 0 Å². The molecule has 0 fully saturated rings. The van der Waals surface area contributed by atoms with Gasteiger partial charge < -0.3 is 5.32 Å². The van der Waals surface area contributed by atoms with Crippen LogP contribution in [0.15, 0.2) is 24.5 Å². The first kappa shape index (κ1) is 13.5. The normalized spacial score (nSPS) is 10.7. The number of hydrogen-bond acceptors (Lipinski definition) is 3. The van der Waals surface area contributed by atoms with Crippen molar-refractivity contribution in [1.29, 1.82) is 0 Å². The topological polar surface area (TPSA) is 37.8 Å². The predicted molar refractivity (Wildman–Crippen MR) is 64.7 cm³/mol. The van der Waals surface area contributed by atoms with Crippen LogP contribution in [0.5, 0.6) is 0 Å². The monoisotopic (exact) mass is 267 g/mol. The zero-order valence-electron chi connectivity index (χ0n) is 10.3. The highest BCUT2D eigenvalue weighted by Gasteiger charge is 2.12. The van der Waals surface area contributed by atoms with Gasteiger partial charge in [0.25, 0.3) is 0 Å². The molecule has 0 bridgehead atoms. The van der Waals surface area contributed by atoms with E-state index in [2.05, 4.69) is 15.3 Å². The summed E-state index contributed by atoms with van der Waals surface area (Å²) in [4.78, 5) is 8.01. The Hall–Kier alpha value is -1.95. The van der Waals surface area contributed by atoms with Crippen LogP contribution in [0.1, 0.15) is 12.5 Å². The Kier molecular flexibility index (Phi) is 4.11. The van der Waals surface area contributed by atoms with Gasteiger partial charge >= 0.3 is 0 Å². The third-order valence-corrected chi connectivity index (χ3v) is 2.53. The van der Waals surface area contributed by atoms with E-state index in [1.165, 1.54) is 0 Å². The summed E-state index contributed by atoms with van der Waals surface area (Å²) < 4.78 is 39.0. The number of nitrogens with one attached hydrogen (secondary N) is 1. The molecule has 0 saturated carbocycles. The molecule has 0 saturated heterocycles. The fourth-order valence-electron chi connectivity index (χ4n) is 1.55. The lowest BCUT2D eigenvalue weighted by Crippen LogP contribution is -2.12. The summed E-state index contributed by atoms with van der Waals surface area (Å²) in [5, 5.41) is 3.10. The molecule has 0 amide bonds. The fourth-order valence-corrected chi connectivity index (χ4v) is 1.55.